The third-order valence-electron chi connectivity index (χ3n) is 2.12. The molecule has 0 spiro atoms. The summed E-state index contributed by atoms with van der Waals surface area (Å²) in [4.78, 5) is 8.33. The fourth-order valence-electron chi connectivity index (χ4n) is 1.37. The van der Waals surface area contributed by atoms with Gasteiger partial charge in [0.15, 0.2) is 0 Å². The zero-order chi connectivity index (χ0) is 9.97. The smallest absolute Gasteiger partial charge is 0.121 e. The van der Waals surface area contributed by atoms with Crippen LogP contribution in [0.3, 0.4) is 0 Å². The van der Waals surface area contributed by atoms with E-state index in [1.54, 1.807) is 17.0 Å². The number of imidazole rings is 1. The highest BCUT2D eigenvalue weighted by Crippen LogP contribution is 2.17. The summed E-state index contributed by atoms with van der Waals surface area (Å²) in [5.41, 5.74) is 1.66. The molecular weight excluding hydrogens is 178 g/mol. The van der Waals surface area contributed by atoms with Crippen LogP contribution >= 0.6 is 0 Å². The Morgan fingerprint density at radius 2 is 2.21 bits per heavy atom. The Balaban J connectivity index is 2.52. The molecule has 2 aromatic rings. The third-order valence-corrected chi connectivity index (χ3v) is 2.12. The SMILES string of the molecule is Cc1ncc(-c2ccccn2)n1CO. The number of pyridine rings is 1. The maximum Gasteiger partial charge on any atom is 0.121 e. The molecule has 72 valence electrons. The topological polar surface area (TPSA) is 50.9 Å². The molecule has 0 aliphatic rings. The van der Waals surface area contributed by atoms with E-state index in [0.717, 1.165) is 17.2 Å². The third kappa shape index (κ3) is 1.40. The fraction of sp³-hybridized carbons (Fsp3) is 0.200. The Hall–Kier alpha value is -1.68. The molecule has 4 heteroatoms. The molecule has 14 heavy (non-hydrogen) atoms. The molecule has 2 rings (SSSR count). The summed E-state index contributed by atoms with van der Waals surface area (Å²) in [5.74, 6) is 0.785. The first-order valence-electron chi connectivity index (χ1n) is 4.37. The molecular formula is C10H11N3O. The second-order valence-electron chi connectivity index (χ2n) is 2.98. The van der Waals surface area contributed by atoms with Crippen molar-refractivity contribution in [2.24, 2.45) is 0 Å². The van der Waals surface area contributed by atoms with E-state index >= 15 is 0 Å². The van der Waals surface area contributed by atoms with Crippen LogP contribution in [0.1, 0.15) is 5.82 Å². The van der Waals surface area contributed by atoms with Crippen molar-refractivity contribution in [3.8, 4) is 11.4 Å². The Labute approximate surface area is 81.9 Å². The molecule has 0 aromatic carbocycles. The molecule has 0 saturated carbocycles. The predicted molar refractivity (Wildman–Crippen MR) is 52.4 cm³/mol. The first-order valence-corrected chi connectivity index (χ1v) is 4.37. The summed E-state index contributed by atoms with van der Waals surface area (Å²) in [6.07, 6.45) is 3.44. The minimum absolute atomic E-state index is 0.0717. The van der Waals surface area contributed by atoms with Crippen molar-refractivity contribution in [1.82, 2.24) is 14.5 Å². The highest BCUT2D eigenvalue weighted by atomic mass is 16.3. The molecule has 0 bridgehead atoms. The average Bonchev–Trinajstić information content (AvgIpc) is 2.61. The van der Waals surface area contributed by atoms with Gasteiger partial charge in [0.25, 0.3) is 0 Å². The summed E-state index contributed by atoms with van der Waals surface area (Å²) in [7, 11) is 0. The average molecular weight is 189 g/mol. The Bertz CT molecular complexity index is 422. The lowest BCUT2D eigenvalue weighted by Gasteiger charge is -2.04. The quantitative estimate of drug-likeness (QED) is 0.772. The minimum Gasteiger partial charge on any atom is -0.376 e. The van der Waals surface area contributed by atoms with Crippen LogP contribution in [0.15, 0.2) is 30.6 Å². The van der Waals surface area contributed by atoms with Gasteiger partial charge in [0, 0.05) is 6.20 Å². The van der Waals surface area contributed by atoms with Crippen molar-refractivity contribution >= 4 is 0 Å². The van der Waals surface area contributed by atoms with Gasteiger partial charge in [0.2, 0.25) is 0 Å². The number of aromatic nitrogens is 3. The normalized spacial score (nSPS) is 10.4. The summed E-state index contributed by atoms with van der Waals surface area (Å²) < 4.78 is 1.71. The van der Waals surface area contributed by atoms with Gasteiger partial charge in [-0.2, -0.15) is 0 Å². The van der Waals surface area contributed by atoms with Crippen molar-refractivity contribution in [2.75, 3.05) is 0 Å². The van der Waals surface area contributed by atoms with E-state index in [1.165, 1.54) is 0 Å². The van der Waals surface area contributed by atoms with Crippen molar-refractivity contribution in [2.45, 2.75) is 13.7 Å². The maximum atomic E-state index is 9.14. The fourth-order valence-corrected chi connectivity index (χ4v) is 1.37. The molecule has 2 aromatic heterocycles. The van der Waals surface area contributed by atoms with Crippen molar-refractivity contribution in [1.29, 1.82) is 0 Å². The second-order valence-corrected chi connectivity index (χ2v) is 2.98. The number of rotatable bonds is 2. The van der Waals surface area contributed by atoms with Crippen LogP contribution in [-0.4, -0.2) is 19.6 Å². The molecule has 1 N–H and O–H groups in total. The molecule has 0 amide bonds. The van der Waals surface area contributed by atoms with E-state index in [0.29, 0.717) is 0 Å². The van der Waals surface area contributed by atoms with Gasteiger partial charge in [-0.1, -0.05) is 6.07 Å². The van der Waals surface area contributed by atoms with Gasteiger partial charge < -0.3 is 9.67 Å². The second kappa shape index (κ2) is 3.59. The molecule has 4 nitrogen and oxygen atoms in total. The first kappa shape index (κ1) is 8.90. The molecule has 0 fully saturated rings. The van der Waals surface area contributed by atoms with Gasteiger partial charge in [-0.15, -0.1) is 0 Å². The van der Waals surface area contributed by atoms with Gasteiger partial charge in [0.1, 0.15) is 12.6 Å². The summed E-state index contributed by atoms with van der Waals surface area (Å²) >= 11 is 0. The van der Waals surface area contributed by atoms with Crippen molar-refractivity contribution in [3.63, 3.8) is 0 Å². The van der Waals surface area contributed by atoms with E-state index in [9.17, 15) is 0 Å². The number of hydrogen-bond acceptors (Lipinski definition) is 3. The van der Waals surface area contributed by atoms with E-state index in [1.807, 2.05) is 25.1 Å². The van der Waals surface area contributed by atoms with E-state index in [4.69, 9.17) is 5.11 Å². The summed E-state index contributed by atoms with van der Waals surface area (Å²) in [5, 5.41) is 9.14. The van der Waals surface area contributed by atoms with Gasteiger partial charge in [0.05, 0.1) is 17.6 Å². The van der Waals surface area contributed by atoms with E-state index in [-0.39, 0.29) is 6.73 Å². The Kier molecular flexibility index (Phi) is 2.28. The predicted octanol–water partition coefficient (Wildman–Crippen LogP) is 1.20. The highest BCUT2D eigenvalue weighted by molar-refractivity contribution is 5.53. The Morgan fingerprint density at radius 1 is 1.36 bits per heavy atom. The van der Waals surface area contributed by atoms with Crippen LogP contribution < -0.4 is 0 Å². The zero-order valence-electron chi connectivity index (χ0n) is 7.88. The number of aliphatic hydroxyl groups excluding tert-OH is 1. The highest BCUT2D eigenvalue weighted by Gasteiger charge is 2.07. The van der Waals surface area contributed by atoms with E-state index in [2.05, 4.69) is 9.97 Å². The molecule has 0 radical (unpaired) electrons. The van der Waals surface area contributed by atoms with Gasteiger partial charge in [-0.3, -0.25) is 4.98 Å². The molecule has 2 heterocycles. The lowest BCUT2D eigenvalue weighted by molar-refractivity contribution is 0.209. The van der Waals surface area contributed by atoms with E-state index < -0.39 is 0 Å². The zero-order valence-corrected chi connectivity index (χ0v) is 7.88. The van der Waals surface area contributed by atoms with Crippen LogP contribution in [0.4, 0.5) is 0 Å². The minimum atomic E-state index is -0.0717. The summed E-state index contributed by atoms with van der Waals surface area (Å²) in [6, 6.07) is 5.66. The monoisotopic (exact) mass is 189 g/mol. The number of aliphatic hydroxyl groups is 1. The Morgan fingerprint density at radius 3 is 2.86 bits per heavy atom. The number of nitrogens with zero attached hydrogens (tertiary/aromatic N) is 3. The number of aryl methyl sites for hydroxylation is 1. The van der Waals surface area contributed by atoms with Gasteiger partial charge >= 0.3 is 0 Å². The van der Waals surface area contributed by atoms with Crippen LogP contribution in [0, 0.1) is 6.92 Å². The van der Waals surface area contributed by atoms with Crippen molar-refractivity contribution in [3.05, 3.63) is 36.4 Å². The van der Waals surface area contributed by atoms with Crippen molar-refractivity contribution < 1.29 is 5.11 Å². The lowest BCUT2D eigenvalue weighted by Crippen LogP contribution is -2.02. The lowest BCUT2D eigenvalue weighted by atomic mass is 10.3. The first-order chi connectivity index (χ1) is 6.83. The van der Waals surface area contributed by atoms with Crippen LogP contribution in [0.25, 0.3) is 11.4 Å². The summed E-state index contributed by atoms with van der Waals surface area (Å²) in [6.45, 7) is 1.78. The molecule has 0 unspecified atom stereocenters. The van der Waals surface area contributed by atoms with Crippen LogP contribution in [0.5, 0.6) is 0 Å². The molecule has 0 saturated heterocycles. The maximum absolute atomic E-state index is 9.14. The van der Waals surface area contributed by atoms with Gasteiger partial charge in [-0.05, 0) is 19.1 Å². The largest absolute Gasteiger partial charge is 0.376 e. The standard InChI is InChI=1S/C10H11N3O/c1-8-12-6-10(13(8)7-14)9-4-2-3-5-11-9/h2-6,14H,7H2,1H3. The molecule has 0 atom stereocenters. The van der Waals surface area contributed by atoms with Crippen LogP contribution in [-0.2, 0) is 6.73 Å². The number of hydrogen-bond donors (Lipinski definition) is 1. The van der Waals surface area contributed by atoms with Crippen LogP contribution in [0.2, 0.25) is 0 Å². The molecule has 0 aliphatic heterocycles. The molecule has 0 aliphatic carbocycles. The van der Waals surface area contributed by atoms with Gasteiger partial charge in [-0.25, -0.2) is 4.98 Å².